The van der Waals surface area contributed by atoms with Crippen LogP contribution in [0.3, 0.4) is 0 Å². The van der Waals surface area contributed by atoms with E-state index in [1.165, 1.54) is 6.26 Å². The molecule has 0 radical (unpaired) electrons. The quantitative estimate of drug-likeness (QED) is 0.745. The summed E-state index contributed by atoms with van der Waals surface area (Å²) in [4.78, 5) is 0. The van der Waals surface area contributed by atoms with Crippen LogP contribution in [0.25, 0.3) is 0 Å². The van der Waals surface area contributed by atoms with Crippen molar-refractivity contribution >= 4 is 44.0 Å². The monoisotopic (exact) mass is 401 g/mol. The van der Waals surface area contributed by atoms with Gasteiger partial charge in [0.2, 0.25) is 0 Å². The van der Waals surface area contributed by atoms with Crippen LogP contribution in [0.2, 0.25) is 5.02 Å². The summed E-state index contributed by atoms with van der Waals surface area (Å²) in [5.41, 5.74) is 1.09. The fourth-order valence-electron chi connectivity index (χ4n) is 1.76. The molecule has 1 aromatic rings. The lowest BCUT2D eigenvalue weighted by molar-refractivity contribution is 0.536. The van der Waals surface area contributed by atoms with Crippen LogP contribution in [0.5, 0.6) is 0 Å². The minimum absolute atomic E-state index is 0.140. The number of hydrogen-bond acceptors (Lipinski definition) is 3. The van der Waals surface area contributed by atoms with Gasteiger partial charge in [-0.2, -0.15) is 0 Å². The van der Waals surface area contributed by atoms with Crippen molar-refractivity contribution < 1.29 is 8.42 Å². The Kier molecular flexibility index (Phi) is 6.37. The molecule has 0 aliphatic heterocycles. The predicted octanol–water partition coefficient (Wildman–Crippen LogP) is 3.03. The number of rotatable bonds is 6. The average Bonchev–Trinajstić information content (AvgIpc) is 2.27. The molecular formula is C12H17ClINO2S. The molecule has 6 heteroatoms. The lowest BCUT2D eigenvalue weighted by Gasteiger charge is -2.17. The summed E-state index contributed by atoms with van der Waals surface area (Å²) in [7, 11) is -1.01. The van der Waals surface area contributed by atoms with Crippen molar-refractivity contribution in [3.63, 3.8) is 0 Å². The van der Waals surface area contributed by atoms with Crippen molar-refractivity contribution in [3.05, 3.63) is 32.4 Å². The molecule has 3 nitrogen and oxygen atoms in total. The number of halogens is 2. The smallest absolute Gasteiger partial charge is 0.147 e. The molecule has 1 unspecified atom stereocenters. The van der Waals surface area contributed by atoms with Gasteiger partial charge in [0.1, 0.15) is 9.84 Å². The molecule has 0 saturated heterocycles. The Balaban J connectivity index is 2.68. The maximum absolute atomic E-state index is 11.1. The van der Waals surface area contributed by atoms with Gasteiger partial charge in [-0.25, -0.2) is 8.42 Å². The zero-order valence-electron chi connectivity index (χ0n) is 10.4. The summed E-state index contributed by atoms with van der Waals surface area (Å²) in [5, 5.41) is 3.93. The summed E-state index contributed by atoms with van der Waals surface area (Å²) < 4.78 is 23.2. The second kappa shape index (κ2) is 7.07. The normalized spacial score (nSPS) is 13.6. The van der Waals surface area contributed by atoms with Crippen molar-refractivity contribution in [2.75, 3.05) is 19.1 Å². The first-order chi connectivity index (χ1) is 8.33. The molecular weight excluding hydrogens is 385 g/mol. The molecule has 102 valence electrons. The maximum atomic E-state index is 11.1. The molecule has 0 heterocycles. The molecule has 0 fully saturated rings. The van der Waals surface area contributed by atoms with E-state index in [1.54, 1.807) is 0 Å². The van der Waals surface area contributed by atoms with E-state index < -0.39 is 9.84 Å². The van der Waals surface area contributed by atoms with E-state index in [9.17, 15) is 8.42 Å². The predicted molar refractivity (Wildman–Crippen MR) is 84.9 cm³/mol. The second-order valence-corrected chi connectivity index (χ2v) is 8.12. The van der Waals surface area contributed by atoms with Crippen molar-refractivity contribution in [2.24, 2.45) is 0 Å². The molecule has 0 aromatic heterocycles. The second-order valence-electron chi connectivity index (χ2n) is 4.29. The topological polar surface area (TPSA) is 46.2 Å². The van der Waals surface area contributed by atoms with E-state index in [1.807, 2.05) is 25.2 Å². The highest BCUT2D eigenvalue weighted by atomic mass is 127. The SMILES string of the molecule is CNC(CCCS(C)(=O)=O)c1ccc(I)c(Cl)c1. The minimum Gasteiger partial charge on any atom is -0.313 e. The Bertz CT molecular complexity index is 505. The zero-order chi connectivity index (χ0) is 13.8. The fourth-order valence-corrected chi connectivity index (χ4v) is 2.97. The van der Waals surface area contributed by atoms with Crippen LogP contribution in [0.1, 0.15) is 24.4 Å². The Morgan fingerprint density at radius 1 is 1.44 bits per heavy atom. The lowest BCUT2D eigenvalue weighted by Crippen LogP contribution is -2.17. The molecule has 0 spiro atoms. The Hall–Kier alpha value is 0.150. The molecule has 0 saturated carbocycles. The van der Waals surface area contributed by atoms with E-state index in [0.717, 1.165) is 20.6 Å². The van der Waals surface area contributed by atoms with Gasteiger partial charge in [0.05, 0.1) is 5.02 Å². The first kappa shape index (κ1) is 16.2. The number of sulfone groups is 1. The summed E-state index contributed by atoms with van der Waals surface area (Å²) in [5.74, 6) is 0.225. The van der Waals surface area contributed by atoms with Crippen LogP contribution in [0.15, 0.2) is 18.2 Å². The molecule has 0 bridgehead atoms. The summed E-state index contributed by atoms with van der Waals surface area (Å²) >= 11 is 8.27. The molecule has 18 heavy (non-hydrogen) atoms. The molecule has 1 atom stereocenters. The molecule has 0 aliphatic rings. The van der Waals surface area contributed by atoms with Crippen LogP contribution in [0, 0.1) is 3.57 Å². The first-order valence-corrected chi connectivity index (χ1v) is 9.15. The summed E-state index contributed by atoms with van der Waals surface area (Å²) in [6, 6.07) is 6.07. The van der Waals surface area contributed by atoms with E-state index in [2.05, 4.69) is 27.9 Å². The number of nitrogens with one attached hydrogen (secondary N) is 1. The molecule has 0 amide bonds. The highest BCUT2D eigenvalue weighted by Gasteiger charge is 2.12. The van der Waals surface area contributed by atoms with E-state index >= 15 is 0 Å². The summed E-state index contributed by atoms with van der Waals surface area (Å²) in [6.45, 7) is 0. The minimum atomic E-state index is -2.88. The third kappa shape index (κ3) is 5.42. The van der Waals surface area contributed by atoms with Crippen LogP contribution in [-0.4, -0.2) is 27.5 Å². The van der Waals surface area contributed by atoms with Gasteiger partial charge in [0.25, 0.3) is 0 Å². The third-order valence-corrected chi connectivity index (χ3v) is 5.30. The maximum Gasteiger partial charge on any atom is 0.147 e. The van der Waals surface area contributed by atoms with Crippen molar-refractivity contribution in [1.29, 1.82) is 0 Å². The Labute approximate surface area is 127 Å². The van der Waals surface area contributed by atoms with Gasteiger partial charge in [0, 0.05) is 21.6 Å². The Morgan fingerprint density at radius 3 is 2.61 bits per heavy atom. The highest BCUT2D eigenvalue weighted by Crippen LogP contribution is 2.25. The molecule has 1 rings (SSSR count). The number of hydrogen-bond donors (Lipinski definition) is 1. The van der Waals surface area contributed by atoms with Crippen LogP contribution in [0.4, 0.5) is 0 Å². The van der Waals surface area contributed by atoms with Gasteiger partial charge < -0.3 is 5.32 Å². The zero-order valence-corrected chi connectivity index (χ0v) is 14.1. The van der Waals surface area contributed by atoms with Gasteiger partial charge in [-0.3, -0.25) is 0 Å². The van der Waals surface area contributed by atoms with E-state index in [0.29, 0.717) is 6.42 Å². The van der Waals surface area contributed by atoms with Gasteiger partial charge in [-0.15, -0.1) is 0 Å². The highest BCUT2D eigenvalue weighted by molar-refractivity contribution is 14.1. The van der Waals surface area contributed by atoms with E-state index in [4.69, 9.17) is 11.6 Å². The van der Waals surface area contributed by atoms with Gasteiger partial charge >= 0.3 is 0 Å². The molecule has 1 N–H and O–H groups in total. The van der Waals surface area contributed by atoms with Crippen LogP contribution in [-0.2, 0) is 9.84 Å². The third-order valence-electron chi connectivity index (χ3n) is 2.70. The fraction of sp³-hybridized carbons (Fsp3) is 0.500. The van der Waals surface area contributed by atoms with Gasteiger partial charge in [0.15, 0.2) is 0 Å². The first-order valence-electron chi connectivity index (χ1n) is 5.63. The Morgan fingerprint density at radius 2 is 2.11 bits per heavy atom. The largest absolute Gasteiger partial charge is 0.313 e. The average molecular weight is 402 g/mol. The molecule has 1 aromatic carbocycles. The molecule has 0 aliphatic carbocycles. The van der Waals surface area contributed by atoms with Gasteiger partial charge in [-0.05, 0) is 60.2 Å². The van der Waals surface area contributed by atoms with E-state index in [-0.39, 0.29) is 11.8 Å². The lowest BCUT2D eigenvalue weighted by atomic mass is 10.0. The summed E-state index contributed by atoms with van der Waals surface area (Å²) in [6.07, 6.45) is 2.69. The van der Waals surface area contributed by atoms with Crippen LogP contribution >= 0.6 is 34.2 Å². The van der Waals surface area contributed by atoms with Crippen molar-refractivity contribution in [2.45, 2.75) is 18.9 Å². The van der Waals surface area contributed by atoms with Crippen molar-refractivity contribution in [3.8, 4) is 0 Å². The van der Waals surface area contributed by atoms with Gasteiger partial charge in [-0.1, -0.05) is 17.7 Å². The van der Waals surface area contributed by atoms with Crippen LogP contribution < -0.4 is 5.32 Å². The number of benzene rings is 1. The standard InChI is InChI=1S/C12H17ClINO2S/c1-15-12(4-3-7-18(2,16)17)9-5-6-11(14)10(13)8-9/h5-6,8,12,15H,3-4,7H2,1-2H3. The van der Waals surface area contributed by atoms with Crippen molar-refractivity contribution in [1.82, 2.24) is 5.32 Å².